The van der Waals surface area contributed by atoms with Crippen LogP contribution in [-0.4, -0.2) is 40.8 Å². The quantitative estimate of drug-likeness (QED) is 0.792. The molecule has 0 bridgehead atoms. The van der Waals surface area contributed by atoms with Crippen molar-refractivity contribution in [1.82, 2.24) is 4.90 Å². The van der Waals surface area contributed by atoms with Gasteiger partial charge in [-0.05, 0) is 37.6 Å². The zero-order chi connectivity index (χ0) is 14.4. The molecule has 5 heteroatoms. The number of rotatable bonds is 7. The smallest absolute Gasteiger partial charge is 0.303 e. The minimum absolute atomic E-state index is 0.0370. The molecule has 1 aromatic rings. The first-order chi connectivity index (χ1) is 8.88. The number of benzene rings is 1. The van der Waals surface area contributed by atoms with Crippen LogP contribution in [0.3, 0.4) is 0 Å². The van der Waals surface area contributed by atoms with Crippen LogP contribution in [0.25, 0.3) is 0 Å². The van der Waals surface area contributed by atoms with Crippen LogP contribution in [0.2, 0.25) is 0 Å². The van der Waals surface area contributed by atoms with Crippen LogP contribution >= 0.6 is 0 Å². The lowest BCUT2D eigenvalue weighted by atomic mass is 10.1. The third-order valence-electron chi connectivity index (χ3n) is 2.89. The summed E-state index contributed by atoms with van der Waals surface area (Å²) in [7, 11) is 1.84. The molecule has 0 aliphatic rings. The number of halogens is 1. The fourth-order valence-corrected chi connectivity index (χ4v) is 1.92. The van der Waals surface area contributed by atoms with Gasteiger partial charge >= 0.3 is 5.97 Å². The van der Waals surface area contributed by atoms with E-state index < -0.39 is 12.1 Å². The highest BCUT2D eigenvalue weighted by molar-refractivity contribution is 5.66. The van der Waals surface area contributed by atoms with Crippen LogP contribution in [0.5, 0.6) is 0 Å². The molecular weight excluding hydrogens is 249 g/mol. The molecule has 0 saturated heterocycles. The number of carboxylic acids is 1. The Kier molecular flexibility index (Phi) is 5.92. The molecule has 0 spiro atoms. The number of likely N-dealkylation sites (N-methyl/N-ethyl adjacent to an activating group) is 1. The van der Waals surface area contributed by atoms with Gasteiger partial charge < -0.3 is 10.2 Å². The van der Waals surface area contributed by atoms with Crippen molar-refractivity contribution in [3.63, 3.8) is 0 Å². The van der Waals surface area contributed by atoms with Gasteiger partial charge in [0.1, 0.15) is 5.82 Å². The lowest BCUT2D eigenvalue weighted by Crippen LogP contribution is -2.29. The second-order valence-electron chi connectivity index (χ2n) is 4.87. The summed E-state index contributed by atoms with van der Waals surface area (Å²) < 4.78 is 13.1. The Morgan fingerprint density at radius 1 is 1.47 bits per heavy atom. The zero-order valence-corrected chi connectivity index (χ0v) is 11.3. The maximum Gasteiger partial charge on any atom is 0.303 e. The zero-order valence-electron chi connectivity index (χ0n) is 11.3. The Bertz CT molecular complexity index is 437. The van der Waals surface area contributed by atoms with Crippen molar-refractivity contribution in [2.24, 2.45) is 0 Å². The number of hydrogen-bond donors (Lipinski definition) is 2. The van der Waals surface area contributed by atoms with Gasteiger partial charge in [-0.2, -0.15) is 0 Å². The predicted molar refractivity (Wildman–Crippen MR) is 70.3 cm³/mol. The van der Waals surface area contributed by atoms with E-state index in [1.807, 2.05) is 11.9 Å². The molecule has 0 radical (unpaired) electrons. The second-order valence-corrected chi connectivity index (χ2v) is 4.87. The van der Waals surface area contributed by atoms with E-state index in [-0.39, 0.29) is 18.7 Å². The van der Waals surface area contributed by atoms with Crippen molar-refractivity contribution in [3.05, 3.63) is 35.1 Å². The first-order valence-electron chi connectivity index (χ1n) is 6.22. The average Bonchev–Trinajstić information content (AvgIpc) is 2.31. The second kappa shape index (κ2) is 7.21. The number of hydrogen-bond acceptors (Lipinski definition) is 3. The van der Waals surface area contributed by atoms with Crippen molar-refractivity contribution in [3.8, 4) is 0 Å². The first kappa shape index (κ1) is 15.6. The highest BCUT2D eigenvalue weighted by Crippen LogP contribution is 2.11. The maximum atomic E-state index is 13.1. The van der Waals surface area contributed by atoms with E-state index in [0.29, 0.717) is 18.7 Å². The number of aliphatic carboxylic acids is 1. The van der Waals surface area contributed by atoms with Gasteiger partial charge in [-0.15, -0.1) is 0 Å². The normalized spacial score (nSPS) is 12.7. The molecule has 1 rings (SSSR count). The molecule has 4 nitrogen and oxygen atoms in total. The number of nitrogens with zero attached hydrogens (tertiary/aromatic N) is 1. The summed E-state index contributed by atoms with van der Waals surface area (Å²) in [6.45, 7) is 2.69. The summed E-state index contributed by atoms with van der Waals surface area (Å²) in [5, 5.41) is 18.2. The number of carbonyl (C=O) groups is 1. The molecule has 2 N–H and O–H groups in total. The van der Waals surface area contributed by atoms with Crippen LogP contribution in [0.1, 0.15) is 24.0 Å². The van der Waals surface area contributed by atoms with Crippen molar-refractivity contribution in [2.75, 3.05) is 13.6 Å². The Labute approximate surface area is 112 Å². The number of carboxylic acid groups (broad SMARTS) is 1. The van der Waals surface area contributed by atoms with E-state index in [1.54, 1.807) is 19.1 Å². The number of aliphatic hydroxyl groups is 1. The molecule has 106 valence electrons. The van der Waals surface area contributed by atoms with Crippen molar-refractivity contribution in [1.29, 1.82) is 0 Å². The van der Waals surface area contributed by atoms with Crippen LogP contribution < -0.4 is 0 Å². The Hall–Kier alpha value is -1.46. The molecule has 0 saturated carbocycles. The maximum absolute atomic E-state index is 13.1. The molecule has 1 atom stereocenters. The highest BCUT2D eigenvalue weighted by atomic mass is 19.1. The van der Waals surface area contributed by atoms with Crippen LogP contribution in [0, 0.1) is 12.7 Å². The SMILES string of the molecule is Cc1cc(CN(C)CC(O)CCC(=O)O)ccc1F. The molecule has 19 heavy (non-hydrogen) atoms. The Morgan fingerprint density at radius 2 is 2.16 bits per heavy atom. The van der Waals surface area contributed by atoms with Gasteiger partial charge in [0.25, 0.3) is 0 Å². The molecule has 0 aliphatic heterocycles. The van der Waals surface area contributed by atoms with Gasteiger partial charge in [-0.3, -0.25) is 9.69 Å². The van der Waals surface area contributed by atoms with Crippen LogP contribution in [0.15, 0.2) is 18.2 Å². The molecule has 0 heterocycles. The minimum Gasteiger partial charge on any atom is -0.481 e. The summed E-state index contributed by atoms with van der Waals surface area (Å²) in [4.78, 5) is 12.3. The Morgan fingerprint density at radius 3 is 2.74 bits per heavy atom. The van der Waals surface area contributed by atoms with Crippen molar-refractivity contribution in [2.45, 2.75) is 32.4 Å². The molecule has 0 aromatic heterocycles. The van der Waals surface area contributed by atoms with E-state index in [4.69, 9.17) is 5.11 Å². The van der Waals surface area contributed by atoms with E-state index >= 15 is 0 Å². The third-order valence-corrected chi connectivity index (χ3v) is 2.89. The average molecular weight is 269 g/mol. The van der Waals surface area contributed by atoms with Gasteiger partial charge in [-0.1, -0.05) is 12.1 Å². The van der Waals surface area contributed by atoms with Gasteiger partial charge in [0.15, 0.2) is 0 Å². The fraction of sp³-hybridized carbons (Fsp3) is 0.500. The number of aliphatic hydroxyl groups excluding tert-OH is 1. The number of aryl methyl sites for hydroxylation is 1. The van der Waals surface area contributed by atoms with Gasteiger partial charge in [0.2, 0.25) is 0 Å². The van der Waals surface area contributed by atoms with E-state index in [0.717, 1.165) is 5.56 Å². The highest BCUT2D eigenvalue weighted by Gasteiger charge is 2.11. The minimum atomic E-state index is -0.907. The fourth-order valence-electron chi connectivity index (χ4n) is 1.92. The van der Waals surface area contributed by atoms with Gasteiger partial charge in [-0.25, -0.2) is 4.39 Å². The topological polar surface area (TPSA) is 60.8 Å². The lowest BCUT2D eigenvalue weighted by molar-refractivity contribution is -0.137. The molecule has 0 fully saturated rings. The van der Waals surface area contributed by atoms with E-state index in [2.05, 4.69) is 0 Å². The standard InChI is InChI=1S/C14H20FNO3/c1-10-7-11(3-5-13(10)15)8-16(2)9-12(17)4-6-14(18)19/h3,5,7,12,17H,4,6,8-9H2,1-2H3,(H,18,19). The monoisotopic (exact) mass is 269 g/mol. The largest absolute Gasteiger partial charge is 0.481 e. The molecule has 1 unspecified atom stereocenters. The van der Waals surface area contributed by atoms with Crippen LogP contribution in [0.4, 0.5) is 4.39 Å². The van der Waals surface area contributed by atoms with Gasteiger partial charge in [0.05, 0.1) is 6.10 Å². The molecular formula is C14H20FNO3. The van der Waals surface area contributed by atoms with E-state index in [9.17, 15) is 14.3 Å². The Balaban J connectivity index is 2.43. The summed E-state index contributed by atoms with van der Waals surface area (Å²) in [6.07, 6.45) is -0.463. The third kappa shape index (κ3) is 5.81. The summed E-state index contributed by atoms with van der Waals surface area (Å²) in [5.41, 5.74) is 1.56. The van der Waals surface area contributed by atoms with Crippen molar-refractivity contribution < 1.29 is 19.4 Å². The van der Waals surface area contributed by atoms with Gasteiger partial charge in [0, 0.05) is 19.5 Å². The predicted octanol–water partition coefficient (Wildman–Crippen LogP) is 1.79. The first-order valence-corrected chi connectivity index (χ1v) is 6.22. The summed E-state index contributed by atoms with van der Waals surface area (Å²) >= 11 is 0. The van der Waals surface area contributed by atoms with Crippen LogP contribution in [-0.2, 0) is 11.3 Å². The van der Waals surface area contributed by atoms with E-state index in [1.165, 1.54) is 6.07 Å². The molecule has 0 aliphatic carbocycles. The summed E-state index contributed by atoms with van der Waals surface area (Å²) in [6, 6.07) is 4.91. The lowest BCUT2D eigenvalue weighted by Gasteiger charge is -2.20. The van der Waals surface area contributed by atoms with Crippen molar-refractivity contribution >= 4 is 5.97 Å². The molecule has 1 aromatic carbocycles. The summed E-state index contributed by atoms with van der Waals surface area (Å²) in [5.74, 6) is -1.14. The molecule has 0 amide bonds.